The topological polar surface area (TPSA) is 99.6 Å². The van der Waals surface area contributed by atoms with E-state index in [1.807, 2.05) is 59.5 Å². The highest BCUT2D eigenvalue weighted by molar-refractivity contribution is 7.17. The second kappa shape index (κ2) is 9.84. The van der Waals surface area contributed by atoms with Crippen molar-refractivity contribution in [1.82, 2.24) is 15.3 Å². The van der Waals surface area contributed by atoms with E-state index >= 15 is 0 Å². The van der Waals surface area contributed by atoms with Crippen molar-refractivity contribution in [3.63, 3.8) is 0 Å². The molecule has 6 rings (SSSR count). The highest BCUT2D eigenvalue weighted by Gasteiger charge is 2.29. The zero-order chi connectivity index (χ0) is 25.4. The second-order valence-electron chi connectivity index (χ2n) is 9.18. The van der Waals surface area contributed by atoms with E-state index in [-0.39, 0.29) is 5.91 Å². The van der Waals surface area contributed by atoms with Gasteiger partial charge in [0, 0.05) is 34.9 Å². The van der Waals surface area contributed by atoms with E-state index in [1.54, 1.807) is 13.3 Å². The van der Waals surface area contributed by atoms with E-state index in [0.717, 1.165) is 39.4 Å². The summed E-state index contributed by atoms with van der Waals surface area (Å²) >= 11 is 1.52. The molecule has 1 saturated carbocycles. The van der Waals surface area contributed by atoms with Crippen molar-refractivity contribution in [3.8, 4) is 16.3 Å². The zero-order valence-corrected chi connectivity index (χ0v) is 21.2. The third-order valence-corrected chi connectivity index (χ3v) is 7.79. The summed E-state index contributed by atoms with van der Waals surface area (Å²) in [6.07, 6.45) is 3.54. The van der Waals surface area contributed by atoms with Crippen molar-refractivity contribution in [2.75, 3.05) is 23.9 Å². The van der Waals surface area contributed by atoms with Crippen molar-refractivity contribution in [3.05, 3.63) is 83.0 Å². The Balaban J connectivity index is 1.29. The number of rotatable bonds is 7. The number of pyridine rings is 2. The summed E-state index contributed by atoms with van der Waals surface area (Å²) in [6, 6.07) is 19.6. The van der Waals surface area contributed by atoms with Gasteiger partial charge in [-0.15, -0.1) is 11.3 Å². The van der Waals surface area contributed by atoms with Crippen LogP contribution in [-0.2, 0) is 6.42 Å². The van der Waals surface area contributed by atoms with Crippen molar-refractivity contribution in [2.24, 2.45) is 0 Å². The molecule has 3 N–H and O–H groups in total. The number of aliphatic hydroxyl groups is 1. The molecule has 0 bridgehead atoms. The number of hydrogen-bond acceptors (Lipinski definition) is 8. The van der Waals surface area contributed by atoms with Gasteiger partial charge in [-0.2, -0.15) is 0 Å². The predicted octanol–water partition coefficient (Wildman–Crippen LogP) is 4.90. The largest absolute Gasteiger partial charge is 0.480 e. The van der Waals surface area contributed by atoms with Gasteiger partial charge in [-0.25, -0.2) is 9.97 Å². The number of thiophene rings is 1. The summed E-state index contributed by atoms with van der Waals surface area (Å²) in [4.78, 5) is 25.4. The quantitative estimate of drug-likeness (QED) is 0.323. The molecule has 1 fully saturated rings. The van der Waals surface area contributed by atoms with Crippen LogP contribution in [0.25, 0.3) is 10.4 Å². The lowest BCUT2D eigenvalue weighted by molar-refractivity contribution is 0.0955. The lowest BCUT2D eigenvalue weighted by Crippen LogP contribution is -2.31. The van der Waals surface area contributed by atoms with Crippen molar-refractivity contribution < 1.29 is 14.6 Å². The third kappa shape index (κ3) is 4.75. The van der Waals surface area contributed by atoms with Gasteiger partial charge in [0.15, 0.2) is 6.23 Å². The Morgan fingerprint density at radius 2 is 2.03 bits per heavy atom. The van der Waals surface area contributed by atoms with Crippen LogP contribution in [0.4, 0.5) is 17.2 Å². The molecule has 1 aliphatic carbocycles. The standard InChI is InChI=1S/C28H27N5O3S/c1-36-27-20(8-5-14-29-27)31-24-10-4-7-21(32-24)28(35)33-15-13-17-16-23(26(34)30-18-11-12-18)37-25(17)19-6-2-3-9-22(19)33/h2-10,14,16,18,28,35H,11-13,15H2,1H3,(H,30,34)(H,31,32). The first-order valence-electron chi connectivity index (χ1n) is 12.3. The van der Waals surface area contributed by atoms with Crippen LogP contribution in [-0.4, -0.2) is 40.7 Å². The van der Waals surface area contributed by atoms with E-state index in [0.29, 0.717) is 42.1 Å². The minimum Gasteiger partial charge on any atom is -0.480 e. The van der Waals surface area contributed by atoms with Crippen molar-refractivity contribution >= 4 is 34.4 Å². The zero-order valence-electron chi connectivity index (χ0n) is 20.3. The van der Waals surface area contributed by atoms with Crippen LogP contribution in [0.3, 0.4) is 0 Å². The van der Waals surface area contributed by atoms with Gasteiger partial charge in [0.2, 0.25) is 5.88 Å². The number of para-hydroxylation sites is 1. The molecule has 3 aromatic heterocycles. The van der Waals surface area contributed by atoms with Crippen molar-refractivity contribution in [1.29, 1.82) is 0 Å². The number of nitrogens with one attached hydrogen (secondary N) is 2. The molecule has 9 heteroatoms. The number of aromatic nitrogens is 2. The molecule has 37 heavy (non-hydrogen) atoms. The molecule has 188 valence electrons. The minimum atomic E-state index is -0.953. The van der Waals surface area contributed by atoms with Gasteiger partial charge >= 0.3 is 0 Å². The first-order valence-corrected chi connectivity index (χ1v) is 13.1. The maximum absolute atomic E-state index is 12.7. The lowest BCUT2D eigenvalue weighted by Gasteiger charge is -2.30. The normalized spacial score (nSPS) is 15.2. The van der Waals surface area contributed by atoms with Gasteiger partial charge in [0.25, 0.3) is 5.91 Å². The number of nitrogens with zero attached hydrogens (tertiary/aromatic N) is 3. The number of benzene rings is 1. The SMILES string of the molecule is COc1ncccc1Nc1cccc(C(O)N2CCc3cc(C(=O)NC4CC4)sc3-c3ccccc32)n1. The second-order valence-corrected chi connectivity index (χ2v) is 10.2. The summed E-state index contributed by atoms with van der Waals surface area (Å²) in [6.45, 7) is 0.585. The molecule has 1 aromatic carbocycles. The molecule has 1 amide bonds. The molecule has 8 nitrogen and oxygen atoms in total. The Kier molecular flexibility index (Phi) is 6.23. The van der Waals surface area contributed by atoms with Crippen LogP contribution in [0.2, 0.25) is 0 Å². The van der Waals surface area contributed by atoms with Crippen LogP contribution >= 0.6 is 11.3 Å². The predicted molar refractivity (Wildman–Crippen MR) is 145 cm³/mol. The molecule has 1 unspecified atom stereocenters. The maximum atomic E-state index is 12.7. The molecule has 1 atom stereocenters. The average Bonchev–Trinajstić information content (AvgIpc) is 3.67. The summed E-state index contributed by atoms with van der Waals surface area (Å²) in [5, 5.41) is 17.8. The van der Waals surface area contributed by atoms with Gasteiger partial charge in [0.1, 0.15) is 11.5 Å². The van der Waals surface area contributed by atoms with Crippen LogP contribution in [0.15, 0.2) is 66.9 Å². The van der Waals surface area contributed by atoms with Gasteiger partial charge in [-0.1, -0.05) is 24.3 Å². The van der Waals surface area contributed by atoms with E-state index in [9.17, 15) is 9.90 Å². The van der Waals surface area contributed by atoms with Crippen molar-refractivity contribution in [2.45, 2.75) is 31.5 Å². The number of carbonyl (C=O) groups is 1. The van der Waals surface area contributed by atoms with Crippen LogP contribution in [0, 0.1) is 0 Å². The average molecular weight is 514 g/mol. The van der Waals surface area contributed by atoms with Gasteiger partial charge in [-0.05, 0) is 61.2 Å². The van der Waals surface area contributed by atoms with E-state index < -0.39 is 6.23 Å². The maximum Gasteiger partial charge on any atom is 0.261 e. The summed E-state index contributed by atoms with van der Waals surface area (Å²) in [7, 11) is 1.57. The molecule has 0 radical (unpaired) electrons. The molecule has 1 aliphatic heterocycles. The Bertz CT molecular complexity index is 1450. The molecule has 4 aromatic rings. The highest BCUT2D eigenvalue weighted by Crippen LogP contribution is 2.43. The fraction of sp³-hybridized carbons (Fsp3) is 0.250. The summed E-state index contributed by atoms with van der Waals surface area (Å²) < 4.78 is 5.33. The Labute approximate surface area is 219 Å². The lowest BCUT2D eigenvalue weighted by atomic mass is 10.1. The molecular formula is C28H27N5O3S. The molecular weight excluding hydrogens is 486 g/mol. The van der Waals surface area contributed by atoms with Gasteiger partial charge < -0.3 is 25.4 Å². The number of methoxy groups -OCH3 is 1. The number of hydrogen-bond donors (Lipinski definition) is 3. The van der Waals surface area contributed by atoms with Crippen LogP contribution < -0.4 is 20.3 Å². The Morgan fingerprint density at radius 3 is 2.86 bits per heavy atom. The molecule has 0 spiro atoms. The number of ether oxygens (including phenoxy) is 1. The Morgan fingerprint density at radius 1 is 1.16 bits per heavy atom. The van der Waals surface area contributed by atoms with Crippen LogP contribution in [0.1, 0.15) is 40.0 Å². The highest BCUT2D eigenvalue weighted by atomic mass is 32.1. The smallest absolute Gasteiger partial charge is 0.261 e. The van der Waals surface area contributed by atoms with E-state index in [2.05, 4.69) is 21.7 Å². The van der Waals surface area contributed by atoms with Gasteiger partial charge in [0.05, 0.1) is 17.7 Å². The van der Waals surface area contributed by atoms with E-state index in [1.165, 1.54) is 11.3 Å². The molecule has 4 heterocycles. The first-order chi connectivity index (χ1) is 18.1. The number of amides is 1. The number of aliphatic hydroxyl groups excluding tert-OH is 1. The number of fused-ring (bicyclic) bond motifs is 3. The first kappa shape index (κ1) is 23.4. The fourth-order valence-corrected chi connectivity index (χ4v) is 5.73. The number of carbonyl (C=O) groups excluding carboxylic acids is 1. The van der Waals surface area contributed by atoms with Gasteiger partial charge in [-0.3, -0.25) is 4.79 Å². The summed E-state index contributed by atoms with van der Waals surface area (Å²) in [5.74, 6) is 1.05. The number of anilines is 3. The molecule has 0 saturated heterocycles. The third-order valence-electron chi connectivity index (χ3n) is 6.58. The summed E-state index contributed by atoms with van der Waals surface area (Å²) in [5.41, 5.74) is 4.27. The monoisotopic (exact) mass is 513 g/mol. The Hall–Kier alpha value is -3.95. The van der Waals surface area contributed by atoms with E-state index in [4.69, 9.17) is 9.72 Å². The molecule has 2 aliphatic rings. The fourth-order valence-electron chi connectivity index (χ4n) is 4.58. The minimum absolute atomic E-state index is 0.00806. The van der Waals surface area contributed by atoms with Crippen LogP contribution in [0.5, 0.6) is 5.88 Å².